The topological polar surface area (TPSA) is 39.7 Å². The summed E-state index contributed by atoms with van der Waals surface area (Å²) < 4.78 is 16.3. The second-order valence-electron chi connectivity index (χ2n) is 5.23. The quantitative estimate of drug-likeness (QED) is 0.899. The molecule has 0 saturated carbocycles. The lowest BCUT2D eigenvalue weighted by Gasteiger charge is -2.32. The Bertz CT molecular complexity index is 422. The van der Waals surface area contributed by atoms with Crippen LogP contribution in [0.3, 0.4) is 0 Å². The Morgan fingerprint density at radius 2 is 1.75 bits per heavy atom. The van der Waals surface area contributed by atoms with Crippen molar-refractivity contribution in [3.8, 4) is 17.2 Å². The molecule has 0 aromatic heterocycles. The van der Waals surface area contributed by atoms with Gasteiger partial charge in [0.05, 0.1) is 21.3 Å². The van der Waals surface area contributed by atoms with Crippen LogP contribution in [0.2, 0.25) is 0 Å². The highest BCUT2D eigenvalue weighted by atomic mass is 16.5. The SMILES string of the molecule is CCC1CNCCC1c1cc(OC)c(OC)c(OC)c1. The second kappa shape index (κ2) is 6.84. The highest BCUT2D eigenvalue weighted by Crippen LogP contribution is 2.43. The van der Waals surface area contributed by atoms with Gasteiger partial charge in [0, 0.05) is 0 Å². The van der Waals surface area contributed by atoms with Gasteiger partial charge in [-0.25, -0.2) is 0 Å². The largest absolute Gasteiger partial charge is 0.493 e. The molecule has 2 atom stereocenters. The van der Waals surface area contributed by atoms with Crippen molar-refractivity contribution in [1.82, 2.24) is 5.32 Å². The molecular formula is C16H25NO3. The van der Waals surface area contributed by atoms with Gasteiger partial charge in [-0.05, 0) is 49.0 Å². The summed E-state index contributed by atoms with van der Waals surface area (Å²) in [4.78, 5) is 0. The summed E-state index contributed by atoms with van der Waals surface area (Å²) in [5.74, 6) is 3.37. The third-order valence-electron chi connectivity index (χ3n) is 4.25. The van der Waals surface area contributed by atoms with E-state index in [0.717, 1.165) is 31.0 Å². The normalized spacial score (nSPS) is 22.4. The molecule has 1 N–H and O–H groups in total. The van der Waals surface area contributed by atoms with E-state index < -0.39 is 0 Å². The zero-order valence-corrected chi connectivity index (χ0v) is 12.9. The minimum Gasteiger partial charge on any atom is -0.493 e. The average molecular weight is 279 g/mol. The summed E-state index contributed by atoms with van der Waals surface area (Å²) >= 11 is 0. The second-order valence-corrected chi connectivity index (χ2v) is 5.23. The van der Waals surface area contributed by atoms with Gasteiger partial charge in [0.15, 0.2) is 11.5 Å². The van der Waals surface area contributed by atoms with Crippen molar-refractivity contribution in [1.29, 1.82) is 0 Å². The van der Waals surface area contributed by atoms with Gasteiger partial charge in [0.2, 0.25) is 5.75 Å². The summed E-state index contributed by atoms with van der Waals surface area (Å²) in [6.45, 7) is 4.40. The van der Waals surface area contributed by atoms with Crippen molar-refractivity contribution in [2.24, 2.45) is 5.92 Å². The number of piperidine rings is 1. The molecule has 1 saturated heterocycles. The molecule has 4 heteroatoms. The van der Waals surface area contributed by atoms with Crippen molar-refractivity contribution in [3.05, 3.63) is 17.7 Å². The minimum atomic E-state index is 0.551. The van der Waals surface area contributed by atoms with Crippen LogP contribution in [0, 0.1) is 5.92 Å². The van der Waals surface area contributed by atoms with Crippen LogP contribution in [0.4, 0.5) is 0 Å². The monoisotopic (exact) mass is 279 g/mol. The Morgan fingerprint density at radius 3 is 2.25 bits per heavy atom. The molecule has 0 amide bonds. The van der Waals surface area contributed by atoms with Crippen LogP contribution >= 0.6 is 0 Å². The maximum Gasteiger partial charge on any atom is 0.203 e. The molecule has 0 bridgehead atoms. The number of ether oxygens (including phenoxy) is 3. The minimum absolute atomic E-state index is 0.551. The van der Waals surface area contributed by atoms with E-state index in [2.05, 4.69) is 24.4 Å². The summed E-state index contributed by atoms with van der Waals surface area (Å²) in [7, 11) is 4.97. The van der Waals surface area contributed by atoms with Gasteiger partial charge in [-0.1, -0.05) is 13.3 Å². The number of rotatable bonds is 5. The third-order valence-corrected chi connectivity index (χ3v) is 4.25. The van der Waals surface area contributed by atoms with Gasteiger partial charge >= 0.3 is 0 Å². The van der Waals surface area contributed by atoms with Gasteiger partial charge < -0.3 is 19.5 Å². The first kappa shape index (κ1) is 15.0. The molecule has 1 aromatic rings. The van der Waals surface area contributed by atoms with E-state index in [1.165, 1.54) is 12.0 Å². The maximum absolute atomic E-state index is 5.46. The first-order valence-corrected chi connectivity index (χ1v) is 7.25. The summed E-state index contributed by atoms with van der Waals surface area (Å²) in [5, 5.41) is 3.48. The van der Waals surface area contributed by atoms with Crippen LogP contribution in [0.25, 0.3) is 0 Å². The van der Waals surface area contributed by atoms with Crippen molar-refractivity contribution >= 4 is 0 Å². The number of hydrogen-bond acceptors (Lipinski definition) is 4. The molecule has 1 heterocycles. The van der Waals surface area contributed by atoms with Crippen molar-refractivity contribution in [2.75, 3.05) is 34.4 Å². The van der Waals surface area contributed by atoms with E-state index in [1.807, 2.05) is 0 Å². The van der Waals surface area contributed by atoms with E-state index in [0.29, 0.717) is 17.6 Å². The first-order valence-electron chi connectivity index (χ1n) is 7.25. The van der Waals surface area contributed by atoms with Crippen LogP contribution in [0.15, 0.2) is 12.1 Å². The Kier molecular flexibility index (Phi) is 5.12. The van der Waals surface area contributed by atoms with Crippen LogP contribution in [0.1, 0.15) is 31.2 Å². The molecule has 1 aromatic carbocycles. The molecule has 4 nitrogen and oxygen atoms in total. The number of methoxy groups -OCH3 is 3. The van der Waals surface area contributed by atoms with Crippen LogP contribution in [-0.4, -0.2) is 34.4 Å². The van der Waals surface area contributed by atoms with E-state index in [4.69, 9.17) is 14.2 Å². The van der Waals surface area contributed by atoms with Gasteiger partial charge in [0.1, 0.15) is 0 Å². The van der Waals surface area contributed by atoms with Crippen molar-refractivity contribution < 1.29 is 14.2 Å². The molecule has 2 rings (SSSR count). The Hall–Kier alpha value is -1.42. The van der Waals surface area contributed by atoms with Gasteiger partial charge in [0.25, 0.3) is 0 Å². The van der Waals surface area contributed by atoms with E-state index in [-0.39, 0.29) is 0 Å². The van der Waals surface area contributed by atoms with E-state index >= 15 is 0 Å². The molecular weight excluding hydrogens is 254 g/mol. The van der Waals surface area contributed by atoms with Crippen LogP contribution in [-0.2, 0) is 0 Å². The summed E-state index contributed by atoms with van der Waals surface area (Å²) in [6, 6.07) is 4.19. The summed E-state index contributed by atoms with van der Waals surface area (Å²) in [6.07, 6.45) is 2.32. The van der Waals surface area contributed by atoms with Crippen molar-refractivity contribution in [3.63, 3.8) is 0 Å². The maximum atomic E-state index is 5.46. The van der Waals surface area contributed by atoms with Gasteiger partial charge in [-0.15, -0.1) is 0 Å². The molecule has 0 spiro atoms. The number of benzene rings is 1. The van der Waals surface area contributed by atoms with Gasteiger partial charge in [-0.2, -0.15) is 0 Å². The highest BCUT2D eigenvalue weighted by Gasteiger charge is 2.27. The molecule has 1 aliphatic rings. The predicted octanol–water partition coefficient (Wildman–Crippen LogP) is 2.82. The van der Waals surface area contributed by atoms with E-state index in [1.54, 1.807) is 21.3 Å². The Labute approximate surface area is 121 Å². The molecule has 0 aliphatic carbocycles. The summed E-state index contributed by atoms with van der Waals surface area (Å²) in [5.41, 5.74) is 1.29. The molecule has 2 unspecified atom stereocenters. The number of hydrogen-bond donors (Lipinski definition) is 1. The van der Waals surface area contributed by atoms with Crippen LogP contribution < -0.4 is 19.5 Å². The first-order chi connectivity index (χ1) is 9.74. The molecule has 0 radical (unpaired) electrons. The predicted molar refractivity (Wildman–Crippen MR) is 80.1 cm³/mol. The fourth-order valence-electron chi connectivity index (χ4n) is 3.11. The molecule has 1 fully saturated rings. The molecule has 1 aliphatic heterocycles. The fraction of sp³-hybridized carbons (Fsp3) is 0.625. The average Bonchev–Trinajstić information content (AvgIpc) is 2.53. The van der Waals surface area contributed by atoms with Gasteiger partial charge in [-0.3, -0.25) is 0 Å². The lowest BCUT2D eigenvalue weighted by molar-refractivity contribution is 0.307. The zero-order valence-electron chi connectivity index (χ0n) is 12.9. The lowest BCUT2D eigenvalue weighted by Crippen LogP contribution is -2.35. The lowest BCUT2D eigenvalue weighted by atomic mass is 9.79. The fourth-order valence-corrected chi connectivity index (χ4v) is 3.11. The number of nitrogens with one attached hydrogen (secondary N) is 1. The highest BCUT2D eigenvalue weighted by molar-refractivity contribution is 5.54. The smallest absolute Gasteiger partial charge is 0.203 e. The molecule has 20 heavy (non-hydrogen) atoms. The molecule has 112 valence electrons. The Morgan fingerprint density at radius 1 is 1.10 bits per heavy atom. The Balaban J connectivity index is 2.40. The van der Waals surface area contributed by atoms with Crippen LogP contribution in [0.5, 0.6) is 17.2 Å². The van der Waals surface area contributed by atoms with E-state index in [9.17, 15) is 0 Å². The standard InChI is InChI=1S/C16H25NO3/c1-5-11-10-17-7-6-13(11)12-8-14(18-2)16(20-4)15(9-12)19-3/h8-9,11,13,17H,5-7,10H2,1-4H3. The third kappa shape index (κ3) is 2.85. The zero-order chi connectivity index (χ0) is 14.5. The van der Waals surface area contributed by atoms with Crippen molar-refractivity contribution in [2.45, 2.75) is 25.7 Å².